The van der Waals surface area contributed by atoms with Crippen LogP contribution in [0, 0.1) is 6.92 Å². The number of carbonyl (C=O) groups is 1. The number of aromatic nitrogens is 1. The Morgan fingerprint density at radius 1 is 1.32 bits per heavy atom. The van der Waals surface area contributed by atoms with Crippen LogP contribution in [0.15, 0.2) is 34.9 Å². The summed E-state index contributed by atoms with van der Waals surface area (Å²) < 4.78 is 5.42. The number of amides is 2. The second kappa shape index (κ2) is 7.61. The van der Waals surface area contributed by atoms with Gasteiger partial charge < -0.3 is 20.2 Å². The van der Waals surface area contributed by atoms with E-state index in [1.54, 1.807) is 6.92 Å². The fourth-order valence-electron chi connectivity index (χ4n) is 1.84. The second-order valence-electron chi connectivity index (χ2n) is 5.26. The van der Waals surface area contributed by atoms with E-state index in [4.69, 9.17) is 9.52 Å². The monoisotopic (exact) mass is 303 g/mol. The average molecular weight is 303 g/mol. The number of urea groups is 1. The predicted octanol–water partition coefficient (Wildman–Crippen LogP) is 2.22. The van der Waals surface area contributed by atoms with Gasteiger partial charge in [0, 0.05) is 12.1 Å². The van der Waals surface area contributed by atoms with Crippen molar-refractivity contribution >= 4 is 6.03 Å². The van der Waals surface area contributed by atoms with Crippen molar-refractivity contribution in [1.29, 1.82) is 0 Å². The topological polar surface area (TPSA) is 87.4 Å². The van der Waals surface area contributed by atoms with Crippen LogP contribution in [-0.4, -0.2) is 28.8 Å². The summed E-state index contributed by atoms with van der Waals surface area (Å²) in [4.78, 5) is 15.9. The van der Waals surface area contributed by atoms with Gasteiger partial charge in [0.05, 0.1) is 18.3 Å². The van der Waals surface area contributed by atoms with E-state index in [2.05, 4.69) is 15.6 Å². The van der Waals surface area contributed by atoms with Gasteiger partial charge in [0.25, 0.3) is 0 Å². The lowest BCUT2D eigenvalue weighted by atomic mass is 10.1. The molecule has 0 saturated carbocycles. The van der Waals surface area contributed by atoms with E-state index in [1.165, 1.54) is 11.8 Å². The van der Waals surface area contributed by atoms with Crippen LogP contribution >= 0.6 is 0 Å². The van der Waals surface area contributed by atoms with E-state index in [-0.39, 0.29) is 12.6 Å². The molecule has 118 valence electrons. The van der Waals surface area contributed by atoms with E-state index in [1.807, 2.05) is 31.2 Å². The third kappa shape index (κ3) is 4.89. The lowest BCUT2D eigenvalue weighted by Gasteiger charge is -2.07. The predicted molar refractivity (Wildman–Crippen MR) is 83.2 cm³/mol. The quantitative estimate of drug-likeness (QED) is 0.763. The van der Waals surface area contributed by atoms with E-state index >= 15 is 0 Å². The number of nitrogens with one attached hydrogen (secondary N) is 2. The van der Waals surface area contributed by atoms with Crippen LogP contribution in [0.4, 0.5) is 4.79 Å². The number of aryl methyl sites for hydroxylation is 1. The summed E-state index contributed by atoms with van der Waals surface area (Å²) in [5.74, 6) is 0.534. The molecule has 2 aromatic rings. The fraction of sp³-hybridized carbons (Fsp3) is 0.375. The number of aliphatic hydroxyl groups is 1. The van der Waals surface area contributed by atoms with Crippen LogP contribution in [0.3, 0.4) is 0 Å². The van der Waals surface area contributed by atoms with Gasteiger partial charge in [-0.25, -0.2) is 9.78 Å². The van der Waals surface area contributed by atoms with Crippen molar-refractivity contribution in [2.45, 2.75) is 32.9 Å². The van der Waals surface area contributed by atoms with Crippen molar-refractivity contribution in [3.8, 4) is 11.5 Å². The Labute approximate surface area is 129 Å². The molecule has 0 aliphatic carbocycles. The number of carbonyl (C=O) groups excluding carboxylic acids is 1. The fourth-order valence-corrected chi connectivity index (χ4v) is 1.84. The molecular weight excluding hydrogens is 282 g/mol. The first-order valence-corrected chi connectivity index (χ1v) is 7.26. The molecule has 2 rings (SSSR count). The first-order chi connectivity index (χ1) is 10.5. The van der Waals surface area contributed by atoms with Crippen LogP contribution in [0.1, 0.15) is 24.6 Å². The van der Waals surface area contributed by atoms with Crippen LogP contribution in [0.5, 0.6) is 0 Å². The normalized spacial score (nSPS) is 12.0. The highest BCUT2D eigenvalue weighted by Gasteiger charge is 2.08. The van der Waals surface area contributed by atoms with Gasteiger partial charge in [-0.15, -0.1) is 0 Å². The Hall–Kier alpha value is -2.34. The van der Waals surface area contributed by atoms with Gasteiger partial charge in [-0.3, -0.25) is 0 Å². The molecule has 0 radical (unpaired) electrons. The van der Waals surface area contributed by atoms with Gasteiger partial charge in [0.2, 0.25) is 5.89 Å². The maximum atomic E-state index is 11.5. The summed E-state index contributed by atoms with van der Waals surface area (Å²) in [5, 5.41) is 14.5. The zero-order valence-corrected chi connectivity index (χ0v) is 12.8. The van der Waals surface area contributed by atoms with Crippen LogP contribution in [0.2, 0.25) is 0 Å². The standard InChI is InChI=1S/C16H21N3O3/c1-11-3-5-13(6-4-11)15-19-14(10-22-15)9-18-16(21)17-8-7-12(2)20/h3-6,10,12,20H,7-9H2,1-2H3,(H2,17,18,21). The number of benzene rings is 1. The molecule has 22 heavy (non-hydrogen) atoms. The van der Waals surface area contributed by atoms with Gasteiger partial charge in [0.15, 0.2) is 0 Å². The number of oxazole rings is 1. The van der Waals surface area contributed by atoms with Crippen LogP contribution < -0.4 is 10.6 Å². The maximum Gasteiger partial charge on any atom is 0.315 e. The minimum Gasteiger partial charge on any atom is -0.444 e. The van der Waals surface area contributed by atoms with Gasteiger partial charge in [-0.05, 0) is 32.4 Å². The summed E-state index contributed by atoms with van der Waals surface area (Å²) in [7, 11) is 0. The molecule has 0 spiro atoms. The van der Waals surface area contributed by atoms with Crippen molar-refractivity contribution in [3.05, 3.63) is 41.8 Å². The SMILES string of the molecule is Cc1ccc(-c2nc(CNC(=O)NCCC(C)O)co2)cc1. The first kappa shape index (κ1) is 16.0. The van der Waals surface area contributed by atoms with Crippen LogP contribution in [-0.2, 0) is 6.54 Å². The molecule has 3 N–H and O–H groups in total. The Morgan fingerprint density at radius 3 is 2.73 bits per heavy atom. The van der Waals surface area contributed by atoms with Gasteiger partial charge in [-0.1, -0.05) is 17.7 Å². The number of hydrogen-bond acceptors (Lipinski definition) is 4. The Bertz CT molecular complexity index is 605. The van der Waals surface area contributed by atoms with E-state index < -0.39 is 6.10 Å². The van der Waals surface area contributed by atoms with Crippen LogP contribution in [0.25, 0.3) is 11.5 Å². The van der Waals surface area contributed by atoms with Gasteiger partial charge in [0.1, 0.15) is 6.26 Å². The number of hydrogen-bond donors (Lipinski definition) is 3. The maximum absolute atomic E-state index is 11.5. The van der Waals surface area contributed by atoms with Crippen molar-refractivity contribution < 1.29 is 14.3 Å². The van der Waals surface area contributed by atoms with E-state index in [0.717, 1.165) is 5.56 Å². The highest BCUT2D eigenvalue weighted by molar-refractivity contribution is 5.73. The number of aliphatic hydroxyl groups excluding tert-OH is 1. The molecule has 2 amide bonds. The summed E-state index contributed by atoms with van der Waals surface area (Å²) in [6, 6.07) is 7.59. The van der Waals surface area contributed by atoms with Gasteiger partial charge in [-0.2, -0.15) is 0 Å². The van der Waals surface area contributed by atoms with E-state index in [9.17, 15) is 4.79 Å². The first-order valence-electron chi connectivity index (χ1n) is 7.26. The third-order valence-corrected chi connectivity index (χ3v) is 3.13. The Morgan fingerprint density at radius 2 is 2.05 bits per heavy atom. The molecule has 1 aromatic carbocycles. The molecular formula is C16H21N3O3. The molecule has 6 nitrogen and oxygen atoms in total. The largest absolute Gasteiger partial charge is 0.444 e. The summed E-state index contributed by atoms with van der Waals surface area (Å²) >= 11 is 0. The lowest BCUT2D eigenvalue weighted by molar-refractivity contribution is 0.183. The average Bonchev–Trinajstić information content (AvgIpc) is 2.94. The molecule has 1 unspecified atom stereocenters. The van der Waals surface area contributed by atoms with E-state index in [0.29, 0.717) is 24.6 Å². The van der Waals surface area contributed by atoms with Crippen molar-refractivity contribution in [2.24, 2.45) is 0 Å². The molecule has 6 heteroatoms. The van der Waals surface area contributed by atoms with Crippen molar-refractivity contribution in [3.63, 3.8) is 0 Å². The second-order valence-corrected chi connectivity index (χ2v) is 5.26. The molecule has 1 aromatic heterocycles. The highest BCUT2D eigenvalue weighted by Crippen LogP contribution is 2.18. The van der Waals surface area contributed by atoms with Gasteiger partial charge >= 0.3 is 6.03 Å². The molecule has 0 fully saturated rings. The third-order valence-electron chi connectivity index (χ3n) is 3.13. The molecule has 0 aliphatic heterocycles. The Balaban J connectivity index is 1.82. The summed E-state index contributed by atoms with van der Waals surface area (Å²) in [6.45, 7) is 4.42. The van der Waals surface area contributed by atoms with Crippen molar-refractivity contribution in [2.75, 3.05) is 6.54 Å². The molecule has 0 saturated heterocycles. The molecule has 0 aliphatic rings. The summed E-state index contributed by atoms with van der Waals surface area (Å²) in [5.41, 5.74) is 2.73. The molecule has 0 bridgehead atoms. The minimum atomic E-state index is -0.423. The number of rotatable bonds is 6. The molecule has 1 heterocycles. The lowest BCUT2D eigenvalue weighted by Crippen LogP contribution is -2.36. The number of nitrogens with zero attached hydrogens (tertiary/aromatic N) is 1. The Kier molecular flexibility index (Phi) is 5.55. The van der Waals surface area contributed by atoms with Crippen molar-refractivity contribution in [1.82, 2.24) is 15.6 Å². The molecule has 1 atom stereocenters. The minimum absolute atomic E-state index is 0.288. The highest BCUT2D eigenvalue weighted by atomic mass is 16.3. The zero-order valence-electron chi connectivity index (χ0n) is 12.8. The smallest absolute Gasteiger partial charge is 0.315 e. The summed E-state index contributed by atoms with van der Waals surface area (Å²) in [6.07, 6.45) is 1.63. The zero-order chi connectivity index (χ0) is 15.9.